The van der Waals surface area contributed by atoms with Crippen LogP contribution < -0.4 is 10.8 Å². The third-order valence-electron chi connectivity index (χ3n) is 8.01. The van der Waals surface area contributed by atoms with E-state index in [9.17, 15) is 34.8 Å². The molecule has 3 aliphatic rings. The summed E-state index contributed by atoms with van der Waals surface area (Å²) in [4.78, 5) is 41.0. The molecule has 10 nitrogen and oxygen atoms in total. The van der Waals surface area contributed by atoms with E-state index in [1.807, 2.05) is 0 Å². The Morgan fingerprint density at radius 1 is 0.735 bits per heavy atom. The van der Waals surface area contributed by atoms with Gasteiger partial charge < -0.3 is 30.6 Å². The van der Waals surface area contributed by atoms with E-state index in [1.165, 1.54) is 0 Å². The number of hydrogen-bond acceptors (Lipinski definition) is 7. The molecule has 0 bridgehead atoms. The minimum Gasteiger partial charge on any atom is -0.481 e. The van der Waals surface area contributed by atoms with Gasteiger partial charge in [0.1, 0.15) is 0 Å². The lowest BCUT2D eigenvalue weighted by Gasteiger charge is -2.33. The number of carboxylic acids is 2. The molecule has 1 amide bonds. The van der Waals surface area contributed by atoms with E-state index in [0.29, 0.717) is 50.7 Å². The zero-order chi connectivity index (χ0) is 24.7. The fraction of sp³-hybridized carbons (Fsp3) is 0.875. The third kappa shape index (κ3) is 7.63. The van der Waals surface area contributed by atoms with E-state index in [-0.39, 0.29) is 24.8 Å². The van der Waals surface area contributed by atoms with Crippen molar-refractivity contribution in [1.82, 2.24) is 10.8 Å². The molecule has 3 rings (SSSR count). The monoisotopic (exact) mass is 484 g/mol. The Bertz CT molecular complexity index is 696. The number of hydroxylamine groups is 1. The second kappa shape index (κ2) is 12.8. The Morgan fingerprint density at radius 2 is 1.32 bits per heavy atom. The number of aliphatic hydroxyl groups is 2. The van der Waals surface area contributed by atoms with Crippen LogP contribution in [0.15, 0.2) is 0 Å². The van der Waals surface area contributed by atoms with Crippen molar-refractivity contribution in [3.8, 4) is 0 Å². The van der Waals surface area contributed by atoms with Gasteiger partial charge in [0.15, 0.2) is 0 Å². The summed E-state index contributed by atoms with van der Waals surface area (Å²) in [7, 11) is 0. The number of carbonyl (C=O) groups excluding carboxylic acids is 1. The number of amides is 1. The van der Waals surface area contributed by atoms with Crippen molar-refractivity contribution in [2.45, 2.75) is 88.9 Å². The van der Waals surface area contributed by atoms with Crippen molar-refractivity contribution in [3.05, 3.63) is 0 Å². The molecule has 3 fully saturated rings. The molecule has 6 atom stereocenters. The van der Waals surface area contributed by atoms with E-state index < -0.39 is 41.9 Å². The molecule has 0 aliphatic heterocycles. The summed E-state index contributed by atoms with van der Waals surface area (Å²) < 4.78 is 0. The molecule has 194 valence electrons. The number of carbonyl (C=O) groups is 3. The summed E-state index contributed by atoms with van der Waals surface area (Å²) in [6, 6.07) is -0.284. The highest BCUT2D eigenvalue weighted by atomic mass is 16.6. The Kier molecular flexibility index (Phi) is 10.1. The standard InChI is InChI=1S/C24H40N2O8/c27-16-5-7-18(19(11-16)23(30)31)22(29)25-13-15-3-1-14(2-4-15)9-10-34-26-21-8-6-17(28)12-20(21)24(32)33/h14-21,26-28H,1-13H2,(H,25,29)(H,30,31)(H,32,33). The Morgan fingerprint density at radius 3 is 1.97 bits per heavy atom. The quantitative estimate of drug-likeness (QED) is 0.198. The molecule has 3 saturated carbocycles. The van der Waals surface area contributed by atoms with Crippen LogP contribution in [-0.2, 0) is 19.2 Å². The van der Waals surface area contributed by atoms with Crippen LogP contribution in [0.4, 0.5) is 0 Å². The summed E-state index contributed by atoms with van der Waals surface area (Å²) in [6.07, 6.45) is 6.11. The first-order valence-corrected chi connectivity index (χ1v) is 12.7. The minimum atomic E-state index is -1.02. The van der Waals surface area contributed by atoms with Gasteiger partial charge in [-0.15, -0.1) is 0 Å². The number of aliphatic hydroxyl groups excluding tert-OH is 2. The lowest BCUT2D eigenvalue weighted by Crippen LogP contribution is -2.45. The first-order chi connectivity index (χ1) is 16.2. The summed E-state index contributed by atoms with van der Waals surface area (Å²) in [5.41, 5.74) is 2.90. The van der Waals surface area contributed by atoms with E-state index >= 15 is 0 Å². The molecule has 3 aliphatic carbocycles. The molecular formula is C24H40N2O8. The molecule has 0 aromatic carbocycles. The molecule has 6 unspecified atom stereocenters. The molecular weight excluding hydrogens is 444 g/mol. The van der Waals surface area contributed by atoms with Crippen molar-refractivity contribution < 1.29 is 39.6 Å². The third-order valence-corrected chi connectivity index (χ3v) is 8.01. The van der Waals surface area contributed by atoms with Crippen LogP contribution in [0.1, 0.15) is 70.6 Å². The summed E-state index contributed by atoms with van der Waals surface area (Å²) >= 11 is 0. The predicted octanol–water partition coefficient (Wildman–Crippen LogP) is 1.30. The van der Waals surface area contributed by atoms with Crippen LogP contribution in [0.2, 0.25) is 0 Å². The highest BCUT2D eigenvalue weighted by Crippen LogP contribution is 2.33. The Balaban J connectivity index is 1.30. The largest absolute Gasteiger partial charge is 0.481 e. The number of rotatable bonds is 10. The molecule has 0 radical (unpaired) electrons. The van der Waals surface area contributed by atoms with E-state index in [2.05, 4.69) is 10.8 Å². The second-order valence-corrected chi connectivity index (χ2v) is 10.4. The van der Waals surface area contributed by atoms with Crippen molar-refractivity contribution >= 4 is 17.8 Å². The van der Waals surface area contributed by atoms with Crippen LogP contribution in [0.5, 0.6) is 0 Å². The number of carboxylic acid groups (broad SMARTS) is 2. The Labute approximate surface area is 200 Å². The molecule has 0 heterocycles. The first-order valence-electron chi connectivity index (χ1n) is 12.7. The minimum absolute atomic E-state index is 0.134. The lowest BCUT2D eigenvalue weighted by atomic mass is 9.77. The van der Waals surface area contributed by atoms with E-state index in [1.54, 1.807) is 0 Å². The second-order valence-electron chi connectivity index (χ2n) is 10.4. The zero-order valence-corrected chi connectivity index (χ0v) is 19.7. The highest BCUT2D eigenvalue weighted by molar-refractivity contribution is 5.85. The van der Waals surface area contributed by atoms with E-state index in [0.717, 1.165) is 32.1 Å². The molecule has 34 heavy (non-hydrogen) atoms. The SMILES string of the molecule is O=C(O)C1CC(O)CCC1NOCCC1CCC(CNC(=O)C2CCC(O)CC2C(=O)O)CC1. The zero-order valence-electron chi connectivity index (χ0n) is 19.7. The topological polar surface area (TPSA) is 165 Å². The van der Waals surface area contributed by atoms with E-state index in [4.69, 9.17) is 4.84 Å². The van der Waals surface area contributed by atoms with Crippen molar-refractivity contribution in [1.29, 1.82) is 0 Å². The average molecular weight is 485 g/mol. The van der Waals surface area contributed by atoms with Crippen molar-refractivity contribution in [2.75, 3.05) is 13.2 Å². The maximum absolute atomic E-state index is 12.6. The van der Waals surface area contributed by atoms with Gasteiger partial charge in [-0.2, -0.15) is 5.48 Å². The number of aliphatic carboxylic acids is 2. The van der Waals surface area contributed by atoms with Gasteiger partial charge in [-0.05, 0) is 69.6 Å². The predicted molar refractivity (Wildman–Crippen MR) is 121 cm³/mol. The maximum Gasteiger partial charge on any atom is 0.308 e. The smallest absolute Gasteiger partial charge is 0.308 e. The van der Waals surface area contributed by atoms with Gasteiger partial charge in [-0.1, -0.05) is 12.8 Å². The van der Waals surface area contributed by atoms with Gasteiger partial charge in [0.25, 0.3) is 0 Å². The van der Waals surface area contributed by atoms with Gasteiger partial charge in [-0.3, -0.25) is 14.4 Å². The van der Waals surface area contributed by atoms with Crippen LogP contribution in [0.25, 0.3) is 0 Å². The average Bonchev–Trinajstić information content (AvgIpc) is 2.81. The molecule has 6 N–H and O–H groups in total. The summed E-state index contributed by atoms with van der Waals surface area (Å²) in [6.45, 7) is 1.06. The fourth-order valence-corrected chi connectivity index (χ4v) is 5.79. The summed E-state index contributed by atoms with van der Waals surface area (Å²) in [5, 5.41) is 41.1. The van der Waals surface area contributed by atoms with Crippen LogP contribution in [0.3, 0.4) is 0 Å². The Hall–Kier alpha value is -1.75. The van der Waals surface area contributed by atoms with Crippen molar-refractivity contribution in [2.24, 2.45) is 29.6 Å². The first kappa shape index (κ1) is 26.8. The molecule has 0 aromatic heterocycles. The normalized spacial score (nSPS) is 36.5. The fourth-order valence-electron chi connectivity index (χ4n) is 5.79. The maximum atomic E-state index is 12.6. The molecule has 0 aromatic rings. The van der Waals surface area contributed by atoms with Gasteiger partial charge in [-0.25, -0.2) is 0 Å². The molecule has 0 saturated heterocycles. The van der Waals surface area contributed by atoms with Gasteiger partial charge >= 0.3 is 11.9 Å². The van der Waals surface area contributed by atoms with Gasteiger partial charge in [0, 0.05) is 12.6 Å². The highest BCUT2D eigenvalue weighted by Gasteiger charge is 2.39. The van der Waals surface area contributed by atoms with Gasteiger partial charge in [0.05, 0.1) is 36.6 Å². The van der Waals surface area contributed by atoms with Crippen LogP contribution in [-0.4, -0.2) is 69.7 Å². The molecule has 0 spiro atoms. The summed E-state index contributed by atoms with van der Waals surface area (Å²) in [5.74, 6) is -3.28. The van der Waals surface area contributed by atoms with Gasteiger partial charge in [0.2, 0.25) is 5.91 Å². The lowest BCUT2D eigenvalue weighted by molar-refractivity contribution is -0.151. The van der Waals surface area contributed by atoms with Crippen LogP contribution in [0, 0.1) is 29.6 Å². The van der Waals surface area contributed by atoms with Crippen molar-refractivity contribution in [3.63, 3.8) is 0 Å². The van der Waals surface area contributed by atoms with Crippen LogP contribution >= 0.6 is 0 Å². The number of nitrogens with one attached hydrogen (secondary N) is 2. The molecule has 10 heteroatoms. The number of hydrogen-bond donors (Lipinski definition) is 6.